The Hall–Kier alpha value is -4.28. The van der Waals surface area contributed by atoms with E-state index >= 15 is 0 Å². The Morgan fingerprint density at radius 3 is 1.82 bits per heavy atom. The van der Waals surface area contributed by atoms with Gasteiger partial charge in [-0.3, -0.25) is 0 Å². The second-order valence-electron chi connectivity index (χ2n) is 8.53. The fraction of sp³-hybridized carbons (Fsp3) is 0. The fourth-order valence-corrected chi connectivity index (χ4v) is 5.20. The zero-order valence-electron chi connectivity index (χ0n) is 18.2. The van der Waals surface area contributed by atoms with Gasteiger partial charge in [0.2, 0.25) is 0 Å². The summed E-state index contributed by atoms with van der Waals surface area (Å²) in [6.07, 6.45) is 0. The van der Waals surface area contributed by atoms with Crippen molar-refractivity contribution in [3.63, 3.8) is 0 Å². The molecule has 159 valence electrons. The van der Waals surface area contributed by atoms with Gasteiger partial charge in [-0.05, 0) is 56.9 Å². The van der Waals surface area contributed by atoms with Crippen LogP contribution in [0.15, 0.2) is 108 Å². The van der Waals surface area contributed by atoms with E-state index < -0.39 is 0 Å². The summed E-state index contributed by atoms with van der Waals surface area (Å²) in [5, 5.41) is 18.0. The molecule has 34 heavy (non-hydrogen) atoms. The maximum atomic E-state index is 9.44. The maximum Gasteiger partial charge on any atom is 0.569 e. The second-order valence-corrected chi connectivity index (χ2v) is 8.53. The molecule has 7 aromatic rings. The molecule has 0 bridgehead atoms. The normalized spacial score (nSPS) is 11.7. The van der Waals surface area contributed by atoms with Gasteiger partial charge in [0, 0.05) is 21.5 Å². The predicted molar refractivity (Wildman–Crippen MR) is 140 cm³/mol. The zero-order chi connectivity index (χ0) is 22.6. The molecule has 0 aliphatic rings. The Bertz CT molecular complexity index is 1830. The number of fused-ring (bicyclic) bond motifs is 6. The third kappa shape index (κ3) is 2.76. The van der Waals surface area contributed by atoms with Crippen molar-refractivity contribution in [1.82, 2.24) is 0 Å². The highest BCUT2D eigenvalue weighted by Gasteiger charge is 2.17. The monoisotopic (exact) mass is 437 g/mol. The van der Waals surface area contributed by atoms with Gasteiger partial charge < -0.3 is 14.1 Å². The molecule has 1 aromatic heterocycles. The van der Waals surface area contributed by atoms with E-state index in [4.69, 9.17) is 9.07 Å². The van der Waals surface area contributed by atoms with Gasteiger partial charge in [0.1, 0.15) is 16.9 Å². The third-order valence-electron chi connectivity index (χ3n) is 6.68. The molecule has 0 amide bonds. The summed E-state index contributed by atoms with van der Waals surface area (Å²) in [6, 6.07) is 35.4. The van der Waals surface area contributed by atoms with Crippen molar-refractivity contribution in [2.45, 2.75) is 0 Å². The summed E-state index contributed by atoms with van der Waals surface area (Å²) >= 11 is 0. The molecule has 0 aliphatic carbocycles. The summed E-state index contributed by atoms with van der Waals surface area (Å²) in [4.78, 5) is 0. The average Bonchev–Trinajstić information content (AvgIpc) is 3.24. The standard InChI is InChI=1S/C30H18BO3/c32-31-34-30-23-11-5-3-9-21(23)29(22-10-4-6-12-24(22)30)20-13-14-27-25(16-20)26-15-18-7-1-2-8-19(18)17-28(26)33-27/h1-17,32H. The molecule has 4 heteroatoms. The number of hydrogen-bond acceptors (Lipinski definition) is 3. The molecule has 6 aromatic carbocycles. The lowest BCUT2D eigenvalue weighted by atomic mass is 9.90. The SMILES string of the molecule is O[B]Oc1c2ccccc2c(-c2ccc3oc4cc5ccccc5cc4c3c2)c2ccccc12. The molecular weight excluding hydrogens is 419 g/mol. The van der Waals surface area contributed by atoms with Crippen LogP contribution < -0.4 is 4.65 Å². The molecule has 0 aliphatic heterocycles. The Morgan fingerprint density at radius 1 is 0.559 bits per heavy atom. The van der Waals surface area contributed by atoms with Gasteiger partial charge in [0.25, 0.3) is 0 Å². The van der Waals surface area contributed by atoms with E-state index in [-0.39, 0.29) is 0 Å². The highest BCUT2D eigenvalue weighted by molar-refractivity contribution is 6.23. The molecule has 0 saturated carbocycles. The van der Waals surface area contributed by atoms with Crippen LogP contribution in [-0.2, 0) is 0 Å². The van der Waals surface area contributed by atoms with Gasteiger partial charge >= 0.3 is 7.69 Å². The lowest BCUT2D eigenvalue weighted by molar-refractivity contribution is 0.459. The van der Waals surface area contributed by atoms with Crippen LogP contribution >= 0.6 is 0 Å². The number of rotatable bonds is 3. The molecule has 1 radical (unpaired) electrons. The van der Waals surface area contributed by atoms with Crippen molar-refractivity contribution in [2.75, 3.05) is 0 Å². The minimum atomic E-state index is 0.652. The van der Waals surface area contributed by atoms with Crippen molar-refractivity contribution in [3.8, 4) is 16.9 Å². The van der Waals surface area contributed by atoms with Gasteiger partial charge in [-0.1, -0.05) is 78.9 Å². The topological polar surface area (TPSA) is 42.6 Å². The fourth-order valence-electron chi connectivity index (χ4n) is 5.20. The summed E-state index contributed by atoms with van der Waals surface area (Å²) in [7, 11) is 0.752. The summed E-state index contributed by atoms with van der Waals surface area (Å²) in [5.41, 5.74) is 4.00. The molecule has 0 atom stereocenters. The van der Waals surface area contributed by atoms with Crippen LogP contribution in [0.1, 0.15) is 0 Å². The van der Waals surface area contributed by atoms with E-state index in [1.165, 1.54) is 10.8 Å². The van der Waals surface area contributed by atoms with E-state index in [9.17, 15) is 5.02 Å². The van der Waals surface area contributed by atoms with E-state index in [0.717, 1.165) is 62.3 Å². The van der Waals surface area contributed by atoms with Gasteiger partial charge in [-0.25, -0.2) is 0 Å². The van der Waals surface area contributed by atoms with Crippen LogP contribution in [0.25, 0.3) is 65.4 Å². The highest BCUT2D eigenvalue weighted by Crippen LogP contribution is 2.44. The molecule has 7 rings (SSSR count). The molecule has 0 unspecified atom stereocenters. The van der Waals surface area contributed by atoms with Gasteiger partial charge in [0.05, 0.1) is 0 Å². The summed E-state index contributed by atoms with van der Waals surface area (Å²) in [5.74, 6) is 0.652. The van der Waals surface area contributed by atoms with Crippen molar-refractivity contribution < 1.29 is 14.1 Å². The van der Waals surface area contributed by atoms with E-state index in [1.807, 2.05) is 42.5 Å². The highest BCUT2D eigenvalue weighted by atomic mass is 16.5. The smallest absolute Gasteiger partial charge is 0.537 e. The molecule has 0 saturated heterocycles. The lowest BCUT2D eigenvalue weighted by Crippen LogP contribution is -2.01. The third-order valence-corrected chi connectivity index (χ3v) is 6.68. The summed E-state index contributed by atoms with van der Waals surface area (Å²) in [6.45, 7) is 0. The number of benzene rings is 6. The van der Waals surface area contributed by atoms with Crippen LogP contribution in [0, 0.1) is 0 Å². The Labute approximate surface area is 196 Å². The number of furan rings is 1. The van der Waals surface area contributed by atoms with Crippen molar-refractivity contribution in [3.05, 3.63) is 103 Å². The van der Waals surface area contributed by atoms with Gasteiger partial charge in [-0.15, -0.1) is 0 Å². The van der Waals surface area contributed by atoms with Gasteiger partial charge in [-0.2, -0.15) is 0 Å². The number of hydrogen-bond donors (Lipinski definition) is 1. The molecule has 3 nitrogen and oxygen atoms in total. The minimum absolute atomic E-state index is 0.652. The van der Waals surface area contributed by atoms with Crippen LogP contribution in [0.2, 0.25) is 0 Å². The van der Waals surface area contributed by atoms with E-state index in [1.54, 1.807) is 0 Å². The molecular formula is C30H18BO3. The van der Waals surface area contributed by atoms with Crippen molar-refractivity contribution >= 4 is 61.9 Å². The second kappa shape index (κ2) is 7.37. The van der Waals surface area contributed by atoms with Crippen LogP contribution in [-0.4, -0.2) is 12.7 Å². The first-order valence-electron chi connectivity index (χ1n) is 11.2. The molecule has 0 spiro atoms. The first-order chi connectivity index (χ1) is 16.8. The average molecular weight is 437 g/mol. The van der Waals surface area contributed by atoms with Crippen LogP contribution in [0.3, 0.4) is 0 Å². The predicted octanol–water partition coefficient (Wildman–Crippen LogP) is 7.62. The summed E-state index contributed by atoms with van der Waals surface area (Å²) < 4.78 is 11.8. The largest absolute Gasteiger partial charge is 0.569 e. The lowest BCUT2D eigenvalue weighted by Gasteiger charge is -2.17. The van der Waals surface area contributed by atoms with Gasteiger partial charge in [0.15, 0.2) is 0 Å². The minimum Gasteiger partial charge on any atom is -0.537 e. The van der Waals surface area contributed by atoms with Crippen molar-refractivity contribution in [2.24, 2.45) is 0 Å². The van der Waals surface area contributed by atoms with E-state index in [0.29, 0.717) is 5.75 Å². The zero-order valence-corrected chi connectivity index (χ0v) is 18.2. The first-order valence-corrected chi connectivity index (χ1v) is 11.2. The van der Waals surface area contributed by atoms with E-state index in [2.05, 4.69) is 60.7 Å². The van der Waals surface area contributed by atoms with Crippen LogP contribution in [0.5, 0.6) is 5.75 Å². The van der Waals surface area contributed by atoms with Crippen molar-refractivity contribution in [1.29, 1.82) is 0 Å². The molecule has 1 N–H and O–H groups in total. The quantitative estimate of drug-likeness (QED) is 0.228. The Balaban J connectivity index is 1.58. The maximum absolute atomic E-state index is 9.44. The Kier molecular flexibility index (Phi) is 4.17. The van der Waals surface area contributed by atoms with Crippen LogP contribution in [0.4, 0.5) is 0 Å². The first kappa shape index (κ1) is 19.2. The Morgan fingerprint density at radius 2 is 1.15 bits per heavy atom. The molecule has 0 fully saturated rings. The molecule has 1 heterocycles.